The Morgan fingerprint density at radius 2 is 2.11 bits per heavy atom. The van der Waals surface area contributed by atoms with Gasteiger partial charge in [-0.25, -0.2) is 4.98 Å². The van der Waals surface area contributed by atoms with Gasteiger partial charge in [0.1, 0.15) is 17.5 Å². The topological polar surface area (TPSA) is 39.2 Å². The molecule has 2 rings (SSSR count). The van der Waals surface area contributed by atoms with Crippen LogP contribution in [-0.2, 0) is 0 Å². The lowest BCUT2D eigenvalue weighted by Crippen LogP contribution is -2.29. The van der Waals surface area contributed by atoms with Gasteiger partial charge in [0.25, 0.3) is 0 Å². The van der Waals surface area contributed by atoms with E-state index in [-0.39, 0.29) is 5.78 Å². The van der Waals surface area contributed by atoms with Crippen LogP contribution >= 0.6 is 0 Å². The molecule has 1 aliphatic carbocycles. The molecule has 104 valence electrons. The van der Waals surface area contributed by atoms with Crippen LogP contribution in [0.5, 0.6) is 5.75 Å². The van der Waals surface area contributed by atoms with Crippen molar-refractivity contribution < 1.29 is 9.53 Å². The number of ketones is 1. The van der Waals surface area contributed by atoms with Crippen molar-refractivity contribution in [2.24, 2.45) is 5.92 Å². The lowest BCUT2D eigenvalue weighted by Gasteiger charge is -2.31. The molecule has 1 aromatic heterocycles. The Labute approximate surface area is 115 Å². The number of rotatable bonds is 5. The Bertz CT molecular complexity index is 413. The zero-order valence-corrected chi connectivity index (χ0v) is 11.9. The first-order valence-electron chi connectivity index (χ1n) is 7.40. The molecule has 2 atom stereocenters. The molecule has 3 heteroatoms. The third-order valence-electron chi connectivity index (χ3n) is 3.99. The van der Waals surface area contributed by atoms with Crippen molar-refractivity contribution in [3.8, 4) is 5.75 Å². The standard InChI is InChI=1S/C16H23NO2/c1-3-12-7-5-6-8-16(12)19-13-9-10-14(17-11-13)15(18)4-2/h9-12,16H,3-8H2,1-2H3. The number of nitrogens with zero attached hydrogens (tertiary/aromatic N) is 1. The molecule has 0 amide bonds. The number of Topliss-reactive ketones (excluding diaryl/α,β-unsaturated/α-hetero) is 1. The number of carbonyl (C=O) groups is 1. The fourth-order valence-electron chi connectivity index (χ4n) is 2.77. The van der Waals surface area contributed by atoms with Crippen molar-refractivity contribution in [1.82, 2.24) is 4.98 Å². The van der Waals surface area contributed by atoms with E-state index in [4.69, 9.17) is 4.74 Å². The molecule has 3 nitrogen and oxygen atoms in total. The summed E-state index contributed by atoms with van der Waals surface area (Å²) in [5.41, 5.74) is 0.533. The summed E-state index contributed by atoms with van der Waals surface area (Å²) in [6.45, 7) is 4.08. The Kier molecular flexibility index (Phi) is 4.94. The second kappa shape index (κ2) is 6.69. The van der Waals surface area contributed by atoms with Crippen LogP contribution in [0.25, 0.3) is 0 Å². The lowest BCUT2D eigenvalue weighted by molar-refractivity contribution is 0.0898. The molecule has 1 fully saturated rings. The molecule has 0 aromatic carbocycles. The maximum atomic E-state index is 11.5. The maximum Gasteiger partial charge on any atom is 0.180 e. The Hall–Kier alpha value is -1.38. The first-order valence-corrected chi connectivity index (χ1v) is 7.40. The molecule has 0 spiro atoms. The maximum absolute atomic E-state index is 11.5. The monoisotopic (exact) mass is 261 g/mol. The van der Waals surface area contributed by atoms with Gasteiger partial charge in [-0.1, -0.05) is 20.3 Å². The highest BCUT2D eigenvalue weighted by Gasteiger charge is 2.25. The summed E-state index contributed by atoms with van der Waals surface area (Å²) in [5.74, 6) is 1.53. The molecule has 1 saturated carbocycles. The van der Waals surface area contributed by atoms with Gasteiger partial charge in [-0.15, -0.1) is 0 Å². The van der Waals surface area contributed by atoms with Gasteiger partial charge in [0, 0.05) is 6.42 Å². The van der Waals surface area contributed by atoms with Gasteiger partial charge in [0.15, 0.2) is 5.78 Å². The molecule has 0 bridgehead atoms. The third-order valence-corrected chi connectivity index (χ3v) is 3.99. The van der Waals surface area contributed by atoms with E-state index < -0.39 is 0 Å². The normalized spacial score (nSPS) is 23.1. The zero-order chi connectivity index (χ0) is 13.7. The average molecular weight is 261 g/mol. The summed E-state index contributed by atoms with van der Waals surface area (Å²) in [4.78, 5) is 15.7. The summed E-state index contributed by atoms with van der Waals surface area (Å²) in [5, 5.41) is 0. The fourth-order valence-corrected chi connectivity index (χ4v) is 2.77. The van der Waals surface area contributed by atoms with Crippen LogP contribution in [0.4, 0.5) is 0 Å². The number of hydrogen-bond acceptors (Lipinski definition) is 3. The number of pyridine rings is 1. The molecule has 1 heterocycles. The predicted octanol–water partition coefficient (Wildman–Crippen LogP) is 4.02. The molecule has 0 radical (unpaired) electrons. The van der Waals surface area contributed by atoms with Gasteiger partial charge >= 0.3 is 0 Å². The Morgan fingerprint density at radius 1 is 1.32 bits per heavy atom. The van der Waals surface area contributed by atoms with E-state index >= 15 is 0 Å². The number of hydrogen-bond donors (Lipinski definition) is 0. The molecule has 2 unspecified atom stereocenters. The molecule has 1 aromatic rings. The lowest BCUT2D eigenvalue weighted by atomic mass is 9.85. The van der Waals surface area contributed by atoms with E-state index in [0.29, 0.717) is 24.1 Å². The van der Waals surface area contributed by atoms with Gasteiger partial charge in [-0.3, -0.25) is 4.79 Å². The second-order valence-electron chi connectivity index (χ2n) is 5.26. The fraction of sp³-hybridized carbons (Fsp3) is 0.625. The minimum Gasteiger partial charge on any atom is -0.489 e. The minimum atomic E-state index is 0.0793. The van der Waals surface area contributed by atoms with Gasteiger partial charge in [-0.2, -0.15) is 0 Å². The highest BCUT2D eigenvalue weighted by atomic mass is 16.5. The van der Waals surface area contributed by atoms with Crippen molar-refractivity contribution >= 4 is 5.78 Å². The van der Waals surface area contributed by atoms with E-state index in [2.05, 4.69) is 11.9 Å². The van der Waals surface area contributed by atoms with Crippen LogP contribution in [0.15, 0.2) is 18.3 Å². The molecule has 19 heavy (non-hydrogen) atoms. The van der Waals surface area contributed by atoms with Crippen LogP contribution < -0.4 is 4.74 Å². The second-order valence-corrected chi connectivity index (χ2v) is 5.26. The van der Waals surface area contributed by atoms with Crippen LogP contribution in [0, 0.1) is 5.92 Å². The van der Waals surface area contributed by atoms with Gasteiger partial charge in [0.05, 0.1) is 6.20 Å². The van der Waals surface area contributed by atoms with Gasteiger partial charge in [0.2, 0.25) is 0 Å². The van der Waals surface area contributed by atoms with Crippen molar-refractivity contribution in [3.63, 3.8) is 0 Å². The molecule has 0 saturated heterocycles. The van der Waals surface area contributed by atoms with Crippen LogP contribution in [0.1, 0.15) is 62.9 Å². The smallest absolute Gasteiger partial charge is 0.180 e. The summed E-state index contributed by atoms with van der Waals surface area (Å²) in [7, 11) is 0. The van der Waals surface area contributed by atoms with Crippen molar-refractivity contribution in [1.29, 1.82) is 0 Å². The van der Waals surface area contributed by atoms with Crippen molar-refractivity contribution in [3.05, 3.63) is 24.0 Å². The van der Waals surface area contributed by atoms with Gasteiger partial charge in [-0.05, 0) is 43.7 Å². The SMILES string of the molecule is CCC(=O)c1ccc(OC2CCCCC2CC)cn1. The molecule has 0 N–H and O–H groups in total. The van der Waals surface area contributed by atoms with E-state index in [0.717, 1.165) is 12.2 Å². The average Bonchev–Trinajstić information content (AvgIpc) is 2.48. The van der Waals surface area contributed by atoms with Gasteiger partial charge < -0.3 is 4.74 Å². The third kappa shape index (κ3) is 3.55. The first-order chi connectivity index (χ1) is 9.24. The van der Waals surface area contributed by atoms with E-state index in [9.17, 15) is 4.79 Å². The van der Waals surface area contributed by atoms with Crippen LogP contribution in [0.2, 0.25) is 0 Å². The van der Waals surface area contributed by atoms with Crippen molar-refractivity contribution in [2.45, 2.75) is 58.5 Å². The van der Waals surface area contributed by atoms with Crippen LogP contribution in [-0.4, -0.2) is 16.9 Å². The summed E-state index contributed by atoms with van der Waals surface area (Å²) >= 11 is 0. The van der Waals surface area contributed by atoms with Crippen LogP contribution in [0.3, 0.4) is 0 Å². The number of aromatic nitrogens is 1. The molecule has 1 aliphatic rings. The molecular weight excluding hydrogens is 238 g/mol. The zero-order valence-electron chi connectivity index (χ0n) is 11.9. The van der Waals surface area contributed by atoms with Crippen molar-refractivity contribution in [2.75, 3.05) is 0 Å². The quantitative estimate of drug-likeness (QED) is 0.751. The summed E-state index contributed by atoms with van der Waals surface area (Å²) in [6.07, 6.45) is 8.63. The predicted molar refractivity (Wildman–Crippen MR) is 75.5 cm³/mol. The minimum absolute atomic E-state index is 0.0793. The van der Waals surface area contributed by atoms with E-state index in [1.54, 1.807) is 12.3 Å². The largest absolute Gasteiger partial charge is 0.489 e. The molecular formula is C16H23NO2. The first kappa shape index (κ1) is 14.0. The molecule has 0 aliphatic heterocycles. The highest BCUT2D eigenvalue weighted by Crippen LogP contribution is 2.30. The Morgan fingerprint density at radius 3 is 2.74 bits per heavy atom. The van der Waals surface area contributed by atoms with E-state index in [1.165, 1.54) is 25.7 Å². The van der Waals surface area contributed by atoms with E-state index in [1.807, 2.05) is 13.0 Å². The Balaban J connectivity index is 2.00. The number of carbonyl (C=O) groups excluding carboxylic acids is 1. The summed E-state index contributed by atoms with van der Waals surface area (Å²) < 4.78 is 6.05. The summed E-state index contributed by atoms with van der Waals surface area (Å²) in [6, 6.07) is 3.64. The number of ether oxygens (including phenoxy) is 1. The highest BCUT2D eigenvalue weighted by molar-refractivity contribution is 5.93.